The molecule has 238 valence electrons. The van der Waals surface area contributed by atoms with Gasteiger partial charge in [-0.3, -0.25) is 0 Å². The summed E-state index contributed by atoms with van der Waals surface area (Å²) in [4.78, 5) is 0. The van der Waals surface area contributed by atoms with Gasteiger partial charge in [-0.2, -0.15) is 52.7 Å². The first kappa shape index (κ1) is 31.0. The number of para-hydroxylation sites is 1. The summed E-state index contributed by atoms with van der Waals surface area (Å²) in [6, 6.07) is 16.0. The van der Waals surface area contributed by atoms with Crippen molar-refractivity contribution in [2.45, 2.75) is 24.7 Å². The molecule has 4 nitrogen and oxygen atoms in total. The number of furan rings is 1. The first-order chi connectivity index (χ1) is 21.3. The minimum absolute atomic E-state index is 0.0205. The summed E-state index contributed by atoms with van der Waals surface area (Å²) >= 11 is 0. The number of nitrogens with zero attached hydrogens (tertiary/aromatic N) is 2. The normalized spacial score (nSPS) is 13.2. The third-order valence-corrected chi connectivity index (χ3v) is 6.93. The quantitative estimate of drug-likeness (QED) is 0.140. The van der Waals surface area contributed by atoms with Crippen LogP contribution in [0.2, 0.25) is 0 Å². The van der Waals surface area contributed by atoms with Crippen LogP contribution in [0.1, 0.15) is 22.3 Å². The van der Waals surface area contributed by atoms with Crippen LogP contribution < -0.4 is 4.74 Å². The van der Waals surface area contributed by atoms with Gasteiger partial charge in [-0.15, -0.1) is 10.2 Å². The molecule has 0 saturated heterocycles. The summed E-state index contributed by atoms with van der Waals surface area (Å²) < 4.78 is 178. The van der Waals surface area contributed by atoms with Gasteiger partial charge in [-0.1, -0.05) is 42.5 Å². The van der Waals surface area contributed by atoms with E-state index in [1.54, 1.807) is 42.5 Å². The van der Waals surface area contributed by atoms with Crippen LogP contribution in [0.4, 0.5) is 52.7 Å². The number of alkyl halides is 12. The fourth-order valence-electron chi connectivity index (χ4n) is 5.04. The van der Waals surface area contributed by atoms with E-state index in [-0.39, 0.29) is 22.2 Å². The molecule has 6 rings (SSSR count). The molecule has 2 aromatic heterocycles. The van der Waals surface area contributed by atoms with E-state index in [0.29, 0.717) is 21.7 Å². The molecule has 0 amide bonds. The van der Waals surface area contributed by atoms with Crippen LogP contribution in [0, 0.1) is 0 Å². The van der Waals surface area contributed by atoms with Crippen LogP contribution in [-0.4, -0.2) is 10.2 Å². The van der Waals surface area contributed by atoms with Gasteiger partial charge in [-0.25, -0.2) is 0 Å². The molecule has 0 fully saturated rings. The molecule has 16 heteroatoms. The van der Waals surface area contributed by atoms with Gasteiger partial charge >= 0.3 is 24.7 Å². The first-order valence-electron chi connectivity index (χ1n) is 12.7. The van der Waals surface area contributed by atoms with Crippen molar-refractivity contribution in [3.8, 4) is 23.1 Å². The Morgan fingerprint density at radius 2 is 1.07 bits per heavy atom. The maximum atomic E-state index is 14.2. The largest absolute Gasteiger partial charge is 0.454 e. The Morgan fingerprint density at radius 3 is 1.61 bits per heavy atom. The molecule has 46 heavy (non-hydrogen) atoms. The van der Waals surface area contributed by atoms with Crippen LogP contribution in [0.5, 0.6) is 11.6 Å². The number of hydrogen-bond donors (Lipinski definition) is 0. The number of benzene rings is 4. The van der Waals surface area contributed by atoms with Crippen molar-refractivity contribution in [1.82, 2.24) is 10.2 Å². The first-order valence-corrected chi connectivity index (χ1v) is 12.7. The fraction of sp³-hybridized carbons (Fsp3) is 0.133. The molecule has 4 aromatic carbocycles. The zero-order valence-corrected chi connectivity index (χ0v) is 22.2. The highest BCUT2D eigenvalue weighted by Crippen LogP contribution is 2.55. The number of halogens is 12. The fourth-order valence-corrected chi connectivity index (χ4v) is 5.04. The average Bonchev–Trinajstić information content (AvgIpc) is 3.38. The third kappa shape index (κ3) is 5.41. The SMILES string of the molecule is FC(F)(F)c1cc(C(F)(F)F)c(C(F)(F)F)c(C(F)(F)F)c1Oc1nnc(-c2cc3ccccc3o2)c2cc3ccccc3cc12. The zero-order valence-electron chi connectivity index (χ0n) is 22.2. The van der Waals surface area contributed by atoms with E-state index < -0.39 is 64.7 Å². The van der Waals surface area contributed by atoms with Crippen LogP contribution in [-0.2, 0) is 24.7 Å². The van der Waals surface area contributed by atoms with Crippen molar-refractivity contribution >= 4 is 32.5 Å². The monoisotopic (exact) mass is 660 g/mol. The Balaban J connectivity index is 1.69. The maximum absolute atomic E-state index is 14.2. The van der Waals surface area contributed by atoms with Gasteiger partial charge < -0.3 is 9.15 Å². The van der Waals surface area contributed by atoms with Crippen molar-refractivity contribution in [1.29, 1.82) is 0 Å². The van der Waals surface area contributed by atoms with E-state index in [0.717, 1.165) is 0 Å². The molecule has 0 spiro atoms. The van der Waals surface area contributed by atoms with E-state index in [1.807, 2.05) is 0 Å². The second-order valence-corrected chi connectivity index (χ2v) is 9.89. The summed E-state index contributed by atoms with van der Waals surface area (Å²) in [6.45, 7) is 0. The average molecular weight is 660 g/mol. The van der Waals surface area contributed by atoms with E-state index >= 15 is 0 Å². The van der Waals surface area contributed by atoms with Gasteiger partial charge in [0.05, 0.1) is 16.7 Å². The number of fused-ring (bicyclic) bond motifs is 3. The number of ether oxygens (including phenoxy) is 1. The van der Waals surface area contributed by atoms with Gasteiger partial charge in [-0.05, 0) is 41.1 Å². The van der Waals surface area contributed by atoms with Gasteiger partial charge in [0.15, 0.2) is 11.5 Å². The molecule has 0 aliphatic carbocycles. The Labute approximate surface area is 247 Å². The summed E-state index contributed by atoms with van der Waals surface area (Å²) in [6.07, 6.45) is -25.2. The Kier molecular flexibility index (Phi) is 6.90. The molecule has 0 radical (unpaired) electrons. The second-order valence-electron chi connectivity index (χ2n) is 9.89. The van der Waals surface area contributed by atoms with E-state index in [2.05, 4.69) is 10.2 Å². The summed E-state index contributed by atoms with van der Waals surface area (Å²) in [7, 11) is 0. The molecular weight excluding hydrogens is 648 g/mol. The molecular formula is C30H12F12N2O2. The van der Waals surface area contributed by atoms with E-state index in [1.165, 1.54) is 24.3 Å². The van der Waals surface area contributed by atoms with E-state index in [4.69, 9.17) is 9.15 Å². The molecule has 2 heterocycles. The lowest BCUT2D eigenvalue weighted by Crippen LogP contribution is -2.26. The van der Waals surface area contributed by atoms with Crippen LogP contribution in [0.3, 0.4) is 0 Å². The van der Waals surface area contributed by atoms with Crippen LogP contribution >= 0.6 is 0 Å². The Bertz CT molecular complexity index is 2110. The number of aromatic nitrogens is 2. The number of rotatable bonds is 3. The molecule has 6 aromatic rings. The van der Waals surface area contributed by atoms with Crippen molar-refractivity contribution in [2.75, 3.05) is 0 Å². The molecule has 0 unspecified atom stereocenters. The van der Waals surface area contributed by atoms with Gasteiger partial charge in [0, 0.05) is 16.2 Å². The number of hydrogen-bond acceptors (Lipinski definition) is 4. The molecule has 0 atom stereocenters. The lowest BCUT2D eigenvalue weighted by atomic mass is 9.94. The highest BCUT2D eigenvalue weighted by Gasteiger charge is 2.55. The van der Waals surface area contributed by atoms with E-state index in [9.17, 15) is 52.7 Å². The highest BCUT2D eigenvalue weighted by molar-refractivity contribution is 6.05. The second kappa shape index (κ2) is 10.3. The lowest BCUT2D eigenvalue weighted by Gasteiger charge is -2.26. The third-order valence-electron chi connectivity index (χ3n) is 6.93. The predicted octanol–water partition coefficient (Wildman–Crippen LogP) is 11.1. The standard InChI is InChI=1S/C30H12F12N2O2/c31-27(32,33)18-12-19(28(34,35)36)25(23(30(40,41)42)22(18)29(37,38)39)46-26-17-10-14-6-2-1-5-13(14)9-16(17)24(43-44-26)21-11-15-7-3-4-8-20(15)45-21/h1-12H. The van der Waals surface area contributed by atoms with Gasteiger partial charge in [0.25, 0.3) is 0 Å². The van der Waals surface area contributed by atoms with Gasteiger partial charge in [0.1, 0.15) is 16.8 Å². The van der Waals surface area contributed by atoms with Crippen molar-refractivity contribution in [3.63, 3.8) is 0 Å². The van der Waals surface area contributed by atoms with Crippen LogP contribution in [0.25, 0.3) is 44.0 Å². The molecule has 0 aliphatic rings. The van der Waals surface area contributed by atoms with Crippen LogP contribution in [0.15, 0.2) is 77.2 Å². The molecule has 0 bridgehead atoms. The summed E-state index contributed by atoms with van der Waals surface area (Å²) in [5, 5.41) is 8.52. The van der Waals surface area contributed by atoms with Crippen molar-refractivity contribution in [3.05, 3.63) is 95.1 Å². The predicted molar refractivity (Wildman–Crippen MR) is 139 cm³/mol. The van der Waals surface area contributed by atoms with Crippen molar-refractivity contribution < 1.29 is 61.8 Å². The Morgan fingerprint density at radius 1 is 0.522 bits per heavy atom. The molecule has 0 N–H and O–H groups in total. The molecule has 0 saturated carbocycles. The topological polar surface area (TPSA) is 48.2 Å². The Hall–Kier alpha value is -5.02. The minimum atomic E-state index is -6.43. The summed E-state index contributed by atoms with van der Waals surface area (Å²) in [5.74, 6) is -3.67. The van der Waals surface area contributed by atoms with Crippen molar-refractivity contribution in [2.24, 2.45) is 0 Å². The molecule has 0 aliphatic heterocycles. The highest BCUT2D eigenvalue weighted by atomic mass is 19.4. The maximum Gasteiger partial charge on any atom is 0.420 e. The lowest BCUT2D eigenvalue weighted by molar-refractivity contribution is -0.177. The smallest absolute Gasteiger partial charge is 0.420 e. The van der Waals surface area contributed by atoms with Gasteiger partial charge in [0.2, 0.25) is 5.88 Å². The zero-order chi connectivity index (χ0) is 33.4. The summed E-state index contributed by atoms with van der Waals surface area (Å²) in [5.41, 5.74) is -12.4. The minimum Gasteiger partial charge on any atom is -0.454 e.